The molecule has 0 saturated heterocycles. The van der Waals surface area contributed by atoms with Crippen molar-refractivity contribution in [2.75, 3.05) is 11.9 Å². The van der Waals surface area contributed by atoms with Crippen molar-refractivity contribution in [2.24, 2.45) is 0 Å². The van der Waals surface area contributed by atoms with Crippen molar-refractivity contribution in [3.63, 3.8) is 0 Å². The predicted molar refractivity (Wildman–Crippen MR) is 107 cm³/mol. The Hall–Kier alpha value is -3.85. The molecular weight excluding hydrogens is 425 g/mol. The van der Waals surface area contributed by atoms with Crippen LogP contribution >= 0.6 is 0 Å². The zero-order chi connectivity index (χ0) is 22.2. The Kier molecular flexibility index (Phi) is 5.12. The highest BCUT2D eigenvalue weighted by molar-refractivity contribution is 7.91. The lowest BCUT2D eigenvalue weighted by molar-refractivity contribution is -0.119. The van der Waals surface area contributed by atoms with Crippen molar-refractivity contribution in [1.82, 2.24) is 0 Å². The number of carbonyl (C=O) groups excluding carboxylic acids is 3. The smallest absolute Gasteiger partial charge is 0.338 e. The Morgan fingerprint density at radius 1 is 0.903 bits per heavy atom. The number of hydrogen-bond donors (Lipinski definition) is 1. The summed E-state index contributed by atoms with van der Waals surface area (Å²) in [5, 5.41) is 2.37. The molecule has 3 aromatic rings. The molecule has 3 aromatic carbocycles. The first-order chi connectivity index (χ1) is 14.8. The maximum Gasteiger partial charge on any atom is 0.338 e. The molecule has 0 aromatic heterocycles. The monoisotopic (exact) mass is 439 g/mol. The first kappa shape index (κ1) is 20.4. The van der Waals surface area contributed by atoms with E-state index in [2.05, 4.69) is 5.32 Å². The Bertz CT molecular complexity index is 1350. The SMILES string of the molecule is O=C(COC(=O)c1ccc2c(c1)S(=O)(=O)c1ccccc1C2=O)Nc1cccc(F)c1. The molecule has 1 heterocycles. The lowest BCUT2D eigenvalue weighted by Crippen LogP contribution is -2.22. The average Bonchev–Trinajstić information content (AvgIpc) is 2.76. The van der Waals surface area contributed by atoms with Gasteiger partial charge in [0.2, 0.25) is 9.84 Å². The van der Waals surface area contributed by atoms with Crippen molar-refractivity contribution in [3.05, 3.63) is 89.2 Å². The molecule has 7 nitrogen and oxygen atoms in total. The Morgan fingerprint density at radius 2 is 1.65 bits per heavy atom. The summed E-state index contributed by atoms with van der Waals surface area (Å²) in [6, 6.07) is 14.6. The minimum atomic E-state index is -4.01. The van der Waals surface area contributed by atoms with E-state index in [4.69, 9.17) is 4.74 Å². The fourth-order valence-electron chi connectivity index (χ4n) is 3.19. The minimum Gasteiger partial charge on any atom is -0.452 e. The number of fused-ring (bicyclic) bond motifs is 2. The second-order valence-corrected chi connectivity index (χ2v) is 8.56. The number of esters is 1. The van der Waals surface area contributed by atoms with Crippen molar-refractivity contribution in [3.8, 4) is 0 Å². The van der Waals surface area contributed by atoms with Gasteiger partial charge in [-0.25, -0.2) is 17.6 Å². The second kappa shape index (κ2) is 7.77. The molecule has 0 aliphatic carbocycles. The molecule has 0 saturated carbocycles. The summed E-state index contributed by atoms with van der Waals surface area (Å²) in [6.07, 6.45) is 0. The lowest BCUT2D eigenvalue weighted by Gasteiger charge is -2.19. The van der Waals surface area contributed by atoms with Gasteiger partial charge in [-0.3, -0.25) is 9.59 Å². The van der Waals surface area contributed by atoms with Crippen LogP contribution in [0, 0.1) is 5.82 Å². The van der Waals surface area contributed by atoms with E-state index in [9.17, 15) is 27.2 Å². The zero-order valence-corrected chi connectivity index (χ0v) is 16.6. The van der Waals surface area contributed by atoms with Gasteiger partial charge in [0.15, 0.2) is 12.4 Å². The summed E-state index contributed by atoms with van der Waals surface area (Å²) in [7, 11) is -4.01. The topological polar surface area (TPSA) is 107 Å². The summed E-state index contributed by atoms with van der Waals surface area (Å²) in [5.74, 6) is -2.65. The van der Waals surface area contributed by atoms with E-state index >= 15 is 0 Å². The van der Waals surface area contributed by atoms with Gasteiger partial charge in [0, 0.05) is 16.8 Å². The molecule has 0 bridgehead atoms. The van der Waals surface area contributed by atoms with Crippen LogP contribution in [0.15, 0.2) is 76.5 Å². The molecule has 4 rings (SSSR count). The predicted octanol–water partition coefficient (Wildman–Crippen LogP) is 3.00. The van der Waals surface area contributed by atoms with Gasteiger partial charge in [-0.1, -0.05) is 18.2 Å². The number of ether oxygens (including phenoxy) is 1. The number of halogens is 1. The van der Waals surface area contributed by atoms with E-state index in [1.165, 1.54) is 48.5 Å². The molecular formula is C22H14FNO6S. The molecule has 0 radical (unpaired) electrons. The van der Waals surface area contributed by atoms with Crippen molar-refractivity contribution < 1.29 is 31.9 Å². The Balaban J connectivity index is 1.52. The zero-order valence-electron chi connectivity index (χ0n) is 15.8. The number of nitrogens with one attached hydrogen (secondary N) is 1. The van der Waals surface area contributed by atoms with E-state index < -0.39 is 39.9 Å². The molecule has 156 valence electrons. The van der Waals surface area contributed by atoms with Crippen LogP contribution in [0.5, 0.6) is 0 Å². The second-order valence-electron chi connectivity index (χ2n) is 6.67. The summed E-state index contributed by atoms with van der Waals surface area (Å²) in [4.78, 5) is 36.5. The molecule has 0 spiro atoms. The number of hydrogen-bond acceptors (Lipinski definition) is 6. The van der Waals surface area contributed by atoms with Gasteiger partial charge >= 0.3 is 5.97 Å². The lowest BCUT2D eigenvalue weighted by atomic mass is 10.0. The van der Waals surface area contributed by atoms with Gasteiger partial charge in [0.05, 0.1) is 15.4 Å². The fourth-order valence-corrected chi connectivity index (χ4v) is 4.87. The van der Waals surface area contributed by atoms with Crippen LogP contribution in [-0.4, -0.2) is 32.7 Å². The van der Waals surface area contributed by atoms with Gasteiger partial charge in [-0.05, 0) is 48.5 Å². The van der Waals surface area contributed by atoms with Crippen LogP contribution in [0.1, 0.15) is 26.3 Å². The standard InChI is InChI=1S/C22H14FNO6S/c23-14-4-3-5-15(11-14)24-20(25)12-30-22(27)13-8-9-17-19(10-13)31(28,29)18-7-2-1-6-16(18)21(17)26/h1-11H,12H2,(H,24,25). The normalized spacial score (nSPS) is 13.6. The molecule has 0 atom stereocenters. The molecule has 31 heavy (non-hydrogen) atoms. The highest BCUT2D eigenvalue weighted by Crippen LogP contribution is 2.34. The molecule has 1 N–H and O–H groups in total. The summed E-state index contributed by atoms with van der Waals surface area (Å²) < 4.78 is 43.9. The molecule has 1 aliphatic rings. The van der Waals surface area contributed by atoms with Crippen LogP contribution in [-0.2, 0) is 19.4 Å². The van der Waals surface area contributed by atoms with Crippen LogP contribution < -0.4 is 5.32 Å². The van der Waals surface area contributed by atoms with E-state index in [-0.39, 0.29) is 32.2 Å². The molecule has 1 amide bonds. The maximum absolute atomic E-state index is 13.2. The van der Waals surface area contributed by atoms with Gasteiger partial charge < -0.3 is 10.1 Å². The number of ketones is 1. The number of carbonyl (C=O) groups is 3. The molecule has 0 fully saturated rings. The first-order valence-electron chi connectivity index (χ1n) is 9.03. The van der Waals surface area contributed by atoms with E-state index in [0.29, 0.717) is 0 Å². The summed E-state index contributed by atoms with van der Waals surface area (Å²) in [5.41, 5.74) is 0.0876. The number of amides is 1. The van der Waals surface area contributed by atoms with Crippen molar-refractivity contribution in [2.45, 2.75) is 9.79 Å². The van der Waals surface area contributed by atoms with Gasteiger partial charge in [0.1, 0.15) is 5.82 Å². The van der Waals surface area contributed by atoms with Crippen LogP contribution in [0.4, 0.5) is 10.1 Å². The highest BCUT2D eigenvalue weighted by Gasteiger charge is 2.35. The van der Waals surface area contributed by atoms with E-state index in [1.807, 2.05) is 0 Å². The molecule has 0 unspecified atom stereocenters. The van der Waals surface area contributed by atoms with E-state index in [0.717, 1.165) is 12.1 Å². The fraction of sp³-hybridized carbons (Fsp3) is 0.0455. The van der Waals surface area contributed by atoms with Crippen molar-refractivity contribution in [1.29, 1.82) is 0 Å². The first-order valence-corrected chi connectivity index (χ1v) is 10.5. The van der Waals surface area contributed by atoms with Gasteiger partial charge in [-0.15, -0.1) is 0 Å². The number of rotatable bonds is 4. The third-order valence-electron chi connectivity index (χ3n) is 4.62. The number of sulfone groups is 1. The molecule has 1 aliphatic heterocycles. The third kappa shape index (κ3) is 3.82. The third-order valence-corrected chi connectivity index (χ3v) is 6.47. The minimum absolute atomic E-state index is 0.0425. The maximum atomic E-state index is 13.2. The van der Waals surface area contributed by atoms with Crippen LogP contribution in [0.3, 0.4) is 0 Å². The van der Waals surface area contributed by atoms with Gasteiger partial charge in [0.25, 0.3) is 5.91 Å². The van der Waals surface area contributed by atoms with Crippen molar-refractivity contribution >= 4 is 33.2 Å². The highest BCUT2D eigenvalue weighted by atomic mass is 32.2. The Labute approximate surface area is 176 Å². The quantitative estimate of drug-likeness (QED) is 0.490. The largest absolute Gasteiger partial charge is 0.452 e. The van der Waals surface area contributed by atoms with Crippen LogP contribution in [0.2, 0.25) is 0 Å². The summed E-state index contributed by atoms with van der Waals surface area (Å²) in [6.45, 7) is -0.666. The van der Waals surface area contributed by atoms with Gasteiger partial charge in [-0.2, -0.15) is 0 Å². The number of anilines is 1. The average molecular weight is 439 g/mol. The molecule has 9 heteroatoms. The summed E-state index contributed by atoms with van der Waals surface area (Å²) >= 11 is 0. The number of benzene rings is 3. The Morgan fingerprint density at radius 3 is 2.42 bits per heavy atom. The van der Waals surface area contributed by atoms with E-state index in [1.54, 1.807) is 6.07 Å². The van der Waals surface area contributed by atoms with Crippen LogP contribution in [0.25, 0.3) is 0 Å².